The zero-order valence-corrected chi connectivity index (χ0v) is 16.3. The van der Waals surface area contributed by atoms with Crippen LogP contribution >= 0.6 is 0 Å². The Morgan fingerprint density at radius 1 is 0.966 bits per heavy atom. The average Bonchev–Trinajstić information content (AvgIpc) is 2.75. The van der Waals surface area contributed by atoms with Crippen LogP contribution in [0.5, 0.6) is 0 Å². The van der Waals surface area contributed by atoms with E-state index >= 15 is 0 Å². The number of carbonyl (C=O) groups is 2. The standard InChI is InChI=1S/C22H22N4O3/c1-3-29-22(28)17-9-11-18(12-10-17)24-20-14-13-19(25-26-20)21(27)23-15(2)16-7-5-4-6-8-16/h4-15H,3H2,1-2H3,(H,23,27)(H,24,26). The Labute approximate surface area is 169 Å². The molecule has 1 unspecified atom stereocenters. The van der Waals surface area contributed by atoms with Crippen molar-refractivity contribution in [2.45, 2.75) is 19.9 Å². The van der Waals surface area contributed by atoms with Crippen molar-refractivity contribution in [1.82, 2.24) is 15.5 Å². The number of hydrogen-bond acceptors (Lipinski definition) is 6. The SMILES string of the molecule is CCOC(=O)c1ccc(Nc2ccc(C(=O)NC(C)c3ccccc3)nn2)cc1. The Bertz CT molecular complexity index is 958. The van der Waals surface area contributed by atoms with Gasteiger partial charge < -0.3 is 15.4 Å². The minimum atomic E-state index is -0.362. The zero-order chi connectivity index (χ0) is 20.6. The smallest absolute Gasteiger partial charge is 0.338 e. The van der Waals surface area contributed by atoms with Crippen LogP contribution in [-0.2, 0) is 4.74 Å². The molecule has 148 valence electrons. The molecule has 0 aliphatic heterocycles. The minimum absolute atomic E-state index is 0.138. The molecule has 7 nitrogen and oxygen atoms in total. The van der Waals surface area contributed by atoms with E-state index in [4.69, 9.17) is 4.74 Å². The second kappa shape index (κ2) is 9.45. The molecular weight excluding hydrogens is 368 g/mol. The van der Waals surface area contributed by atoms with Crippen molar-refractivity contribution in [3.05, 3.63) is 83.6 Å². The van der Waals surface area contributed by atoms with Gasteiger partial charge in [-0.15, -0.1) is 10.2 Å². The summed E-state index contributed by atoms with van der Waals surface area (Å²) >= 11 is 0. The van der Waals surface area contributed by atoms with Gasteiger partial charge in [0.15, 0.2) is 11.5 Å². The van der Waals surface area contributed by atoms with Gasteiger partial charge in [-0.05, 0) is 55.8 Å². The summed E-state index contributed by atoms with van der Waals surface area (Å²) in [7, 11) is 0. The van der Waals surface area contributed by atoms with Gasteiger partial charge in [0.25, 0.3) is 5.91 Å². The molecule has 3 rings (SSSR count). The second-order valence-corrected chi connectivity index (χ2v) is 6.33. The molecule has 0 aliphatic carbocycles. The summed E-state index contributed by atoms with van der Waals surface area (Å²) < 4.78 is 4.96. The molecule has 0 bridgehead atoms. The van der Waals surface area contributed by atoms with Crippen LogP contribution in [0.3, 0.4) is 0 Å². The minimum Gasteiger partial charge on any atom is -0.462 e. The summed E-state index contributed by atoms with van der Waals surface area (Å²) in [6.07, 6.45) is 0. The lowest BCUT2D eigenvalue weighted by molar-refractivity contribution is 0.0526. The van der Waals surface area contributed by atoms with Crippen LogP contribution in [0.15, 0.2) is 66.7 Å². The molecular formula is C22H22N4O3. The summed E-state index contributed by atoms with van der Waals surface area (Å²) in [5.74, 6) is -0.167. The van der Waals surface area contributed by atoms with Gasteiger partial charge in [-0.1, -0.05) is 30.3 Å². The number of ether oxygens (including phenoxy) is 1. The van der Waals surface area contributed by atoms with Crippen LogP contribution in [0, 0.1) is 0 Å². The Morgan fingerprint density at radius 3 is 2.31 bits per heavy atom. The molecule has 1 amide bonds. The highest BCUT2D eigenvalue weighted by atomic mass is 16.5. The Balaban J connectivity index is 1.59. The number of hydrogen-bond donors (Lipinski definition) is 2. The van der Waals surface area contributed by atoms with Crippen LogP contribution in [0.4, 0.5) is 11.5 Å². The van der Waals surface area contributed by atoms with Crippen molar-refractivity contribution in [2.24, 2.45) is 0 Å². The third kappa shape index (κ3) is 5.38. The van der Waals surface area contributed by atoms with E-state index in [0.29, 0.717) is 18.0 Å². The fraction of sp³-hybridized carbons (Fsp3) is 0.182. The number of nitrogens with one attached hydrogen (secondary N) is 2. The molecule has 1 atom stereocenters. The average molecular weight is 390 g/mol. The predicted molar refractivity (Wildman–Crippen MR) is 110 cm³/mol. The van der Waals surface area contributed by atoms with E-state index < -0.39 is 0 Å². The first kappa shape index (κ1) is 20.0. The Kier molecular flexibility index (Phi) is 6.52. The first-order valence-corrected chi connectivity index (χ1v) is 9.30. The van der Waals surface area contributed by atoms with E-state index in [0.717, 1.165) is 11.3 Å². The summed E-state index contributed by atoms with van der Waals surface area (Å²) in [5.41, 5.74) is 2.46. The van der Waals surface area contributed by atoms with Crippen molar-refractivity contribution in [3.8, 4) is 0 Å². The summed E-state index contributed by atoms with van der Waals surface area (Å²) in [6, 6.07) is 19.7. The molecule has 2 aromatic carbocycles. The number of esters is 1. The fourth-order valence-electron chi connectivity index (χ4n) is 2.67. The first-order valence-electron chi connectivity index (χ1n) is 9.30. The van der Waals surface area contributed by atoms with E-state index in [1.54, 1.807) is 43.3 Å². The molecule has 0 spiro atoms. The van der Waals surface area contributed by atoms with Crippen LogP contribution in [0.25, 0.3) is 0 Å². The van der Waals surface area contributed by atoms with Crippen LogP contribution in [0.1, 0.15) is 46.3 Å². The van der Waals surface area contributed by atoms with Crippen molar-refractivity contribution in [3.63, 3.8) is 0 Å². The molecule has 0 aliphatic rings. The van der Waals surface area contributed by atoms with Gasteiger partial charge in [-0.2, -0.15) is 0 Å². The highest BCUT2D eigenvalue weighted by Crippen LogP contribution is 2.16. The van der Waals surface area contributed by atoms with Gasteiger partial charge >= 0.3 is 5.97 Å². The van der Waals surface area contributed by atoms with Crippen LogP contribution in [0.2, 0.25) is 0 Å². The third-order valence-electron chi connectivity index (χ3n) is 4.21. The van der Waals surface area contributed by atoms with E-state index in [-0.39, 0.29) is 23.6 Å². The molecule has 1 heterocycles. The number of aromatic nitrogens is 2. The highest BCUT2D eigenvalue weighted by Gasteiger charge is 2.13. The molecule has 1 aromatic heterocycles. The first-order chi connectivity index (χ1) is 14.1. The third-order valence-corrected chi connectivity index (χ3v) is 4.21. The van der Waals surface area contributed by atoms with Crippen LogP contribution in [-0.4, -0.2) is 28.7 Å². The number of benzene rings is 2. The number of rotatable bonds is 7. The topological polar surface area (TPSA) is 93.2 Å². The highest BCUT2D eigenvalue weighted by molar-refractivity contribution is 5.92. The normalized spacial score (nSPS) is 11.4. The lowest BCUT2D eigenvalue weighted by atomic mass is 10.1. The zero-order valence-electron chi connectivity index (χ0n) is 16.3. The van der Waals surface area contributed by atoms with Crippen molar-refractivity contribution < 1.29 is 14.3 Å². The maximum absolute atomic E-state index is 12.4. The van der Waals surface area contributed by atoms with Gasteiger partial charge in [-0.3, -0.25) is 4.79 Å². The van der Waals surface area contributed by atoms with E-state index in [2.05, 4.69) is 20.8 Å². The lowest BCUT2D eigenvalue weighted by Crippen LogP contribution is -2.27. The van der Waals surface area contributed by atoms with Gasteiger partial charge in [0.1, 0.15) is 0 Å². The second-order valence-electron chi connectivity index (χ2n) is 6.33. The molecule has 0 saturated carbocycles. The molecule has 0 saturated heterocycles. The molecule has 0 fully saturated rings. The Hall–Kier alpha value is -3.74. The number of anilines is 2. The van der Waals surface area contributed by atoms with Gasteiger partial charge in [-0.25, -0.2) is 4.79 Å². The van der Waals surface area contributed by atoms with E-state index in [9.17, 15) is 9.59 Å². The fourth-order valence-corrected chi connectivity index (χ4v) is 2.67. The van der Waals surface area contributed by atoms with Crippen LogP contribution < -0.4 is 10.6 Å². The lowest BCUT2D eigenvalue weighted by Gasteiger charge is -2.13. The van der Waals surface area contributed by atoms with Crippen molar-refractivity contribution in [1.29, 1.82) is 0 Å². The largest absolute Gasteiger partial charge is 0.462 e. The summed E-state index contributed by atoms with van der Waals surface area (Å²) in [5, 5.41) is 14.0. The molecule has 29 heavy (non-hydrogen) atoms. The molecule has 2 N–H and O–H groups in total. The molecule has 3 aromatic rings. The monoisotopic (exact) mass is 390 g/mol. The summed E-state index contributed by atoms with van der Waals surface area (Å²) in [4.78, 5) is 24.1. The van der Waals surface area contributed by atoms with E-state index in [1.807, 2.05) is 37.3 Å². The van der Waals surface area contributed by atoms with Gasteiger partial charge in [0, 0.05) is 5.69 Å². The number of amides is 1. The number of carbonyl (C=O) groups excluding carboxylic acids is 2. The quantitative estimate of drug-likeness (QED) is 0.595. The van der Waals surface area contributed by atoms with Crippen molar-refractivity contribution >= 4 is 23.4 Å². The van der Waals surface area contributed by atoms with Gasteiger partial charge in [0.2, 0.25) is 0 Å². The predicted octanol–water partition coefficient (Wildman–Crippen LogP) is 3.89. The summed E-state index contributed by atoms with van der Waals surface area (Å²) in [6.45, 7) is 4.01. The number of nitrogens with zero attached hydrogens (tertiary/aromatic N) is 2. The maximum atomic E-state index is 12.4. The van der Waals surface area contributed by atoms with Crippen molar-refractivity contribution in [2.75, 3.05) is 11.9 Å². The maximum Gasteiger partial charge on any atom is 0.338 e. The van der Waals surface area contributed by atoms with E-state index in [1.165, 1.54) is 0 Å². The Morgan fingerprint density at radius 2 is 1.69 bits per heavy atom. The molecule has 0 radical (unpaired) electrons. The van der Waals surface area contributed by atoms with Gasteiger partial charge in [0.05, 0.1) is 18.2 Å². The molecule has 7 heteroatoms.